The SMILES string of the molecule is CCn1c(SCC(=O)Nc2nc(-c3ccc(C)c(C)c3)cs2)nnc1C(C)Oc1ccccc1Cl. The fraction of sp³-hybridized carbons (Fsp3) is 0.280. The van der Waals surface area contributed by atoms with E-state index >= 15 is 0 Å². The smallest absolute Gasteiger partial charge is 0.236 e. The molecule has 1 unspecified atom stereocenters. The lowest BCUT2D eigenvalue weighted by molar-refractivity contribution is -0.113. The summed E-state index contributed by atoms with van der Waals surface area (Å²) in [6, 6.07) is 13.5. The number of hydrogen-bond acceptors (Lipinski definition) is 7. The van der Waals surface area contributed by atoms with E-state index in [1.807, 2.05) is 48.1 Å². The summed E-state index contributed by atoms with van der Waals surface area (Å²) in [6.45, 7) is 8.71. The zero-order valence-corrected chi connectivity index (χ0v) is 22.3. The molecule has 2 aromatic carbocycles. The van der Waals surface area contributed by atoms with Crippen LogP contribution in [0.1, 0.15) is 36.9 Å². The molecule has 0 spiro atoms. The van der Waals surface area contributed by atoms with Crippen molar-refractivity contribution in [1.82, 2.24) is 19.7 Å². The molecule has 35 heavy (non-hydrogen) atoms. The highest BCUT2D eigenvalue weighted by molar-refractivity contribution is 7.99. The van der Waals surface area contributed by atoms with Crippen molar-refractivity contribution in [3.05, 3.63) is 69.8 Å². The van der Waals surface area contributed by atoms with E-state index < -0.39 is 0 Å². The van der Waals surface area contributed by atoms with E-state index in [2.05, 4.69) is 46.5 Å². The summed E-state index contributed by atoms with van der Waals surface area (Å²) < 4.78 is 7.94. The molecule has 1 atom stereocenters. The average molecular weight is 528 g/mol. The third kappa shape index (κ3) is 6.04. The molecule has 0 saturated heterocycles. The van der Waals surface area contributed by atoms with Gasteiger partial charge in [-0.3, -0.25) is 4.79 Å². The second-order valence-electron chi connectivity index (χ2n) is 7.95. The van der Waals surface area contributed by atoms with Crippen molar-refractivity contribution in [2.45, 2.75) is 45.5 Å². The van der Waals surface area contributed by atoms with Crippen LogP contribution in [0.2, 0.25) is 5.02 Å². The Morgan fingerprint density at radius 3 is 2.74 bits per heavy atom. The minimum absolute atomic E-state index is 0.149. The standard InChI is InChI=1S/C25H26ClN5O2S2/c1-5-31-23(17(4)33-21-9-7-6-8-19(21)26)29-30-25(31)35-14-22(32)28-24-27-20(13-34-24)18-11-10-15(2)16(3)12-18/h6-13,17H,5,14H2,1-4H3,(H,27,28,32). The van der Waals surface area contributed by atoms with Gasteiger partial charge in [0.1, 0.15) is 5.75 Å². The molecule has 10 heteroatoms. The van der Waals surface area contributed by atoms with Gasteiger partial charge in [-0.2, -0.15) is 0 Å². The van der Waals surface area contributed by atoms with Crippen LogP contribution in [0.15, 0.2) is 53.0 Å². The van der Waals surface area contributed by atoms with Gasteiger partial charge in [0, 0.05) is 17.5 Å². The number of carbonyl (C=O) groups is 1. The maximum atomic E-state index is 12.6. The number of anilines is 1. The lowest BCUT2D eigenvalue weighted by Gasteiger charge is -2.16. The van der Waals surface area contributed by atoms with Gasteiger partial charge in [-0.05, 0) is 57.0 Å². The van der Waals surface area contributed by atoms with Crippen molar-refractivity contribution < 1.29 is 9.53 Å². The summed E-state index contributed by atoms with van der Waals surface area (Å²) in [5.41, 5.74) is 4.34. The molecule has 7 nitrogen and oxygen atoms in total. The van der Waals surface area contributed by atoms with Crippen LogP contribution in [0.25, 0.3) is 11.3 Å². The monoisotopic (exact) mass is 527 g/mol. The molecular weight excluding hydrogens is 502 g/mol. The van der Waals surface area contributed by atoms with Crippen LogP contribution < -0.4 is 10.1 Å². The van der Waals surface area contributed by atoms with Crippen LogP contribution in [0, 0.1) is 13.8 Å². The Morgan fingerprint density at radius 1 is 1.20 bits per heavy atom. The van der Waals surface area contributed by atoms with E-state index in [0.29, 0.717) is 33.4 Å². The van der Waals surface area contributed by atoms with Gasteiger partial charge in [-0.25, -0.2) is 4.98 Å². The van der Waals surface area contributed by atoms with Crippen LogP contribution >= 0.6 is 34.7 Å². The van der Waals surface area contributed by atoms with Gasteiger partial charge in [0.25, 0.3) is 0 Å². The van der Waals surface area contributed by atoms with Crippen molar-refractivity contribution >= 4 is 45.7 Å². The highest BCUT2D eigenvalue weighted by Gasteiger charge is 2.20. The van der Waals surface area contributed by atoms with E-state index in [9.17, 15) is 4.79 Å². The zero-order chi connectivity index (χ0) is 24.9. The highest BCUT2D eigenvalue weighted by atomic mass is 35.5. The number of nitrogens with zero attached hydrogens (tertiary/aromatic N) is 4. The first-order chi connectivity index (χ1) is 16.9. The molecule has 0 fully saturated rings. The topological polar surface area (TPSA) is 81.9 Å². The number of halogens is 1. The molecule has 0 aliphatic carbocycles. The Balaban J connectivity index is 1.37. The molecule has 2 heterocycles. The third-order valence-corrected chi connectivity index (χ3v) is 7.49. The van der Waals surface area contributed by atoms with Crippen molar-refractivity contribution in [2.24, 2.45) is 0 Å². The molecular formula is C25H26ClN5O2S2. The molecule has 1 N–H and O–H groups in total. The fourth-order valence-corrected chi connectivity index (χ4v) is 5.16. The summed E-state index contributed by atoms with van der Waals surface area (Å²) in [5, 5.41) is 15.2. The number of benzene rings is 2. The number of aryl methyl sites for hydroxylation is 2. The van der Waals surface area contributed by atoms with E-state index in [0.717, 1.165) is 11.3 Å². The minimum Gasteiger partial charge on any atom is -0.481 e. The van der Waals surface area contributed by atoms with Crippen LogP contribution in [0.5, 0.6) is 5.75 Å². The molecule has 0 radical (unpaired) electrons. The summed E-state index contributed by atoms with van der Waals surface area (Å²) in [6.07, 6.45) is -0.357. The molecule has 1 amide bonds. The number of rotatable bonds is 9. The highest BCUT2D eigenvalue weighted by Crippen LogP contribution is 2.30. The summed E-state index contributed by atoms with van der Waals surface area (Å²) in [4.78, 5) is 17.2. The molecule has 2 aromatic heterocycles. The quantitative estimate of drug-likeness (QED) is 0.248. The molecule has 0 aliphatic heterocycles. The van der Waals surface area contributed by atoms with Crippen molar-refractivity contribution in [3.8, 4) is 17.0 Å². The van der Waals surface area contributed by atoms with Gasteiger partial charge in [0.2, 0.25) is 5.91 Å². The van der Waals surface area contributed by atoms with E-state index in [1.54, 1.807) is 6.07 Å². The summed E-state index contributed by atoms with van der Waals surface area (Å²) >= 11 is 8.95. The second-order valence-corrected chi connectivity index (χ2v) is 10.2. The Morgan fingerprint density at radius 2 is 2.00 bits per heavy atom. The van der Waals surface area contributed by atoms with Crippen LogP contribution in [0.4, 0.5) is 5.13 Å². The molecule has 4 aromatic rings. The second kappa shape index (κ2) is 11.2. The maximum absolute atomic E-state index is 12.6. The molecule has 4 rings (SSSR count). The van der Waals surface area contributed by atoms with Gasteiger partial charge >= 0.3 is 0 Å². The first kappa shape index (κ1) is 25.2. The van der Waals surface area contributed by atoms with Gasteiger partial charge < -0.3 is 14.6 Å². The molecule has 0 bridgehead atoms. The predicted molar refractivity (Wildman–Crippen MR) is 143 cm³/mol. The number of thiazole rings is 1. The number of para-hydroxylation sites is 1. The van der Waals surface area contributed by atoms with Gasteiger partial charge in [-0.1, -0.05) is 47.6 Å². The maximum Gasteiger partial charge on any atom is 0.236 e. The molecule has 0 saturated carbocycles. The summed E-state index contributed by atoms with van der Waals surface area (Å²) in [7, 11) is 0. The number of nitrogens with one attached hydrogen (secondary N) is 1. The van der Waals surface area contributed by atoms with Crippen LogP contribution in [-0.2, 0) is 11.3 Å². The van der Waals surface area contributed by atoms with Crippen LogP contribution in [-0.4, -0.2) is 31.4 Å². The Bertz CT molecular complexity index is 1340. The van der Waals surface area contributed by atoms with Gasteiger partial charge in [0.05, 0.1) is 16.5 Å². The lowest BCUT2D eigenvalue weighted by Crippen LogP contribution is -2.15. The lowest BCUT2D eigenvalue weighted by atomic mass is 10.1. The van der Waals surface area contributed by atoms with Gasteiger partial charge in [0.15, 0.2) is 22.2 Å². The number of thioether (sulfide) groups is 1. The Labute approximate surface area is 217 Å². The summed E-state index contributed by atoms with van der Waals surface area (Å²) in [5.74, 6) is 1.30. The van der Waals surface area contributed by atoms with Gasteiger partial charge in [-0.15, -0.1) is 21.5 Å². The Kier molecular flexibility index (Phi) is 8.10. The minimum atomic E-state index is -0.357. The average Bonchev–Trinajstić information content (AvgIpc) is 3.47. The largest absolute Gasteiger partial charge is 0.481 e. The normalized spacial score (nSPS) is 11.9. The van der Waals surface area contributed by atoms with E-state index in [4.69, 9.17) is 16.3 Å². The molecule has 0 aliphatic rings. The number of carbonyl (C=O) groups excluding carboxylic acids is 1. The number of ether oxygens (including phenoxy) is 1. The third-order valence-electron chi connectivity index (χ3n) is 5.45. The van der Waals surface area contributed by atoms with E-state index in [1.165, 1.54) is 34.2 Å². The zero-order valence-electron chi connectivity index (χ0n) is 19.9. The number of aromatic nitrogens is 4. The van der Waals surface area contributed by atoms with Crippen molar-refractivity contribution in [3.63, 3.8) is 0 Å². The first-order valence-corrected chi connectivity index (χ1v) is 13.4. The van der Waals surface area contributed by atoms with Crippen molar-refractivity contribution in [2.75, 3.05) is 11.1 Å². The Hall–Kier alpha value is -2.88. The fourth-order valence-electron chi connectivity index (χ4n) is 3.44. The van der Waals surface area contributed by atoms with Crippen LogP contribution in [0.3, 0.4) is 0 Å². The molecule has 182 valence electrons. The predicted octanol–water partition coefficient (Wildman–Crippen LogP) is 6.56. The first-order valence-electron chi connectivity index (χ1n) is 11.2. The van der Waals surface area contributed by atoms with E-state index in [-0.39, 0.29) is 17.8 Å². The number of amides is 1. The number of hydrogen-bond donors (Lipinski definition) is 1. The van der Waals surface area contributed by atoms with Crippen molar-refractivity contribution in [1.29, 1.82) is 0 Å².